The summed E-state index contributed by atoms with van der Waals surface area (Å²) in [4.78, 5) is 13.2. The van der Waals surface area contributed by atoms with E-state index >= 15 is 0 Å². The number of rotatable bonds is 4. The van der Waals surface area contributed by atoms with E-state index in [1.54, 1.807) is 12.1 Å². The summed E-state index contributed by atoms with van der Waals surface area (Å²) in [6, 6.07) is 7.64. The highest BCUT2D eigenvalue weighted by Gasteiger charge is 2.29. The summed E-state index contributed by atoms with van der Waals surface area (Å²) in [7, 11) is 0. The maximum absolute atomic E-state index is 13.7. The molecule has 2 aromatic carbocycles. The van der Waals surface area contributed by atoms with Gasteiger partial charge < -0.3 is 9.47 Å². The lowest BCUT2D eigenvalue weighted by molar-refractivity contribution is 0.101. The number of allylic oxidation sites excluding steroid dienone is 1. The van der Waals surface area contributed by atoms with Gasteiger partial charge in [0.15, 0.2) is 29.0 Å². The van der Waals surface area contributed by atoms with Crippen molar-refractivity contribution in [3.8, 4) is 11.5 Å². The Morgan fingerprint density at radius 2 is 1.66 bits per heavy atom. The number of fused-ring (bicyclic) bond motifs is 1. The second-order valence-electron chi connectivity index (χ2n) is 5.95. The Labute approximate surface area is 164 Å². The van der Waals surface area contributed by atoms with Gasteiger partial charge in [-0.25, -0.2) is 22.0 Å². The molecule has 1 aliphatic heterocycles. The minimum atomic E-state index is -2.24. The monoisotopic (exact) mass is 424 g/mol. The fourth-order valence-electron chi connectivity index (χ4n) is 2.69. The van der Waals surface area contributed by atoms with E-state index < -0.39 is 41.3 Å². The smallest absolute Gasteiger partial charge is 0.232 e. The van der Waals surface area contributed by atoms with Crippen LogP contribution < -0.4 is 9.47 Å². The fourth-order valence-corrected chi connectivity index (χ4v) is 3.34. The second kappa shape index (κ2) is 7.32. The molecule has 4 rings (SSSR count). The number of hydrogen-bond acceptors (Lipinski definition) is 4. The minimum absolute atomic E-state index is 0.0258. The van der Waals surface area contributed by atoms with Crippen LogP contribution in [-0.4, -0.2) is 5.78 Å². The standard InChI is InChI=1S/C20H9F5O3S/c21-15-12(16(22)18(24)19(25)17(15)23)8-27-9-3-4-11-13(6-9)28-14(20(11)26)7-10-2-1-5-29-10/h1-7H,8H2/b14-7-. The van der Waals surface area contributed by atoms with Gasteiger partial charge in [-0.1, -0.05) is 6.07 Å². The van der Waals surface area contributed by atoms with E-state index in [2.05, 4.69) is 0 Å². The van der Waals surface area contributed by atoms with Gasteiger partial charge in [-0.05, 0) is 23.6 Å². The van der Waals surface area contributed by atoms with E-state index in [0.29, 0.717) is 0 Å². The van der Waals surface area contributed by atoms with Gasteiger partial charge in [0.25, 0.3) is 0 Å². The molecule has 0 amide bonds. The topological polar surface area (TPSA) is 35.5 Å². The van der Waals surface area contributed by atoms with E-state index in [9.17, 15) is 26.7 Å². The van der Waals surface area contributed by atoms with Crippen molar-refractivity contribution < 1.29 is 36.2 Å². The molecule has 0 atom stereocenters. The molecule has 0 saturated carbocycles. The highest BCUT2D eigenvalue weighted by atomic mass is 32.1. The van der Waals surface area contributed by atoms with E-state index in [4.69, 9.17) is 9.47 Å². The molecule has 3 nitrogen and oxygen atoms in total. The van der Waals surface area contributed by atoms with Crippen LogP contribution in [0.2, 0.25) is 0 Å². The summed E-state index contributed by atoms with van der Waals surface area (Å²) in [6.45, 7) is -0.906. The van der Waals surface area contributed by atoms with Gasteiger partial charge in [0.05, 0.1) is 11.1 Å². The van der Waals surface area contributed by atoms with Crippen molar-refractivity contribution >= 4 is 23.2 Å². The van der Waals surface area contributed by atoms with Gasteiger partial charge >= 0.3 is 0 Å². The van der Waals surface area contributed by atoms with Crippen molar-refractivity contribution in [1.29, 1.82) is 0 Å². The average molecular weight is 424 g/mol. The summed E-state index contributed by atoms with van der Waals surface area (Å²) in [6.07, 6.45) is 1.57. The van der Waals surface area contributed by atoms with Crippen molar-refractivity contribution in [2.45, 2.75) is 6.61 Å². The predicted molar refractivity (Wildman–Crippen MR) is 94.3 cm³/mol. The summed E-state index contributed by atoms with van der Waals surface area (Å²) < 4.78 is 77.8. The maximum Gasteiger partial charge on any atom is 0.232 e. The van der Waals surface area contributed by atoms with Gasteiger partial charge in [0, 0.05) is 17.0 Å². The van der Waals surface area contributed by atoms with E-state index in [-0.39, 0.29) is 28.6 Å². The molecule has 0 radical (unpaired) electrons. The summed E-state index contributed by atoms with van der Waals surface area (Å²) in [5.74, 6) is -10.3. The number of carbonyl (C=O) groups is 1. The summed E-state index contributed by atoms with van der Waals surface area (Å²) in [5.41, 5.74) is -0.839. The van der Waals surface area contributed by atoms with Gasteiger partial charge in [0.2, 0.25) is 11.6 Å². The zero-order valence-electron chi connectivity index (χ0n) is 14.3. The van der Waals surface area contributed by atoms with Gasteiger partial charge in [-0.15, -0.1) is 11.3 Å². The van der Waals surface area contributed by atoms with Crippen LogP contribution in [0.4, 0.5) is 22.0 Å². The SMILES string of the molecule is O=C1/C(=C/c2cccs2)Oc2cc(OCc3c(F)c(F)c(F)c(F)c3F)ccc21. The maximum atomic E-state index is 13.7. The third-order valence-corrected chi connectivity index (χ3v) is 4.96. The molecule has 0 fully saturated rings. The van der Waals surface area contributed by atoms with Gasteiger partial charge in [-0.2, -0.15) is 0 Å². The molecule has 0 unspecified atom stereocenters. The number of thiophene rings is 1. The molecular formula is C20H9F5O3S. The van der Waals surface area contributed by atoms with Crippen molar-refractivity contribution in [1.82, 2.24) is 0 Å². The molecule has 2 heterocycles. The molecule has 0 aliphatic carbocycles. The normalized spacial score (nSPS) is 14.2. The van der Waals surface area contributed by atoms with Crippen molar-refractivity contribution in [3.05, 3.63) is 86.6 Å². The van der Waals surface area contributed by atoms with Gasteiger partial charge in [-0.3, -0.25) is 4.79 Å². The quantitative estimate of drug-likeness (QED) is 0.235. The Balaban J connectivity index is 1.56. The Morgan fingerprint density at radius 1 is 0.966 bits per heavy atom. The number of carbonyl (C=O) groups excluding carboxylic acids is 1. The first kappa shape index (κ1) is 19.1. The summed E-state index contributed by atoms with van der Waals surface area (Å²) in [5, 5.41) is 1.84. The van der Waals surface area contributed by atoms with Crippen LogP contribution in [-0.2, 0) is 6.61 Å². The molecule has 1 aliphatic rings. The molecule has 0 saturated heterocycles. The van der Waals surface area contributed by atoms with E-state index in [1.807, 2.05) is 11.4 Å². The Hall–Kier alpha value is -3.20. The molecule has 1 aromatic heterocycles. The third kappa shape index (κ3) is 3.38. The van der Waals surface area contributed by atoms with Crippen LogP contribution in [0.15, 0.2) is 41.5 Å². The lowest BCUT2D eigenvalue weighted by atomic mass is 10.1. The van der Waals surface area contributed by atoms with Crippen LogP contribution in [0.5, 0.6) is 11.5 Å². The molecule has 0 spiro atoms. The Morgan fingerprint density at radius 3 is 2.31 bits per heavy atom. The number of halogens is 5. The molecular weight excluding hydrogens is 415 g/mol. The highest BCUT2D eigenvalue weighted by molar-refractivity contribution is 7.10. The Bertz CT molecular complexity index is 1130. The zero-order valence-corrected chi connectivity index (χ0v) is 15.1. The average Bonchev–Trinajstić information content (AvgIpc) is 3.33. The van der Waals surface area contributed by atoms with Crippen LogP contribution in [0.1, 0.15) is 20.8 Å². The fraction of sp³-hybridized carbons (Fsp3) is 0.0500. The van der Waals surface area contributed by atoms with Crippen molar-refractivity contribution in [2.75, 3.05) is 0 Å². The third-order valence-electron chi connectivity index (χ3n) is 4.14. The lowest BCUT2D eigenvalue weighted by Gasteiger charge is -2.10. The first-order valence-corrected chi connectivity index (χ1v) is 8.99. The molecule has 3 aromatic rings. The van der Waals surface area contributed by atoms with E-state index in [1.165, 1.54) is 29.5 Å². The summed E-state index contributed by atoms with van der Waals surface area (Å²) >= 11 is 1.41. The largest absolute Gasteiger partial charge is 0.489 e. The Kier molecular flexibility index (Phi) is 4.83. The first-order valence-electron chi connectivity index (χ1n) is 8.11. The molecule has 29 heavy (non-hydrogen) atoms. The van der Waals surface area contributed by atoms with Crippen molar-refractivity contribution in [3.63, 3.8) is 0 Å². The van der Waals surface area contributed by atoms with Crippen LogP contribution in [0.25, 0.3) is 6.08 Å². The van der Waals surface area contributed by atoms with Gasteiger partial charge in [0.1, 0.15) is 18.1 Å². The lowest BCUT2D eigenvalue weighted by Crippen LogP contribution is -2.09. The molecule has 0 bridgehead atoms. The zero-order chi connectivity index (χ0) is 20.7. The predicted octanol–water partition coefficient (Wildman–Crippen LogP) is 5.64. The highest BCUT2D eigenvalue weighted by Crippen LogP contribution is 2.35. The molecule has 0 N–H and O–H groups in total. The number of ketones is 1. The van der Waals surface area contributed by atoms with Crippen LogP contribution >= 0.6 is 11.3 Å². The van der Waals surface area contributed by atoms with Crippen LogP contribution in [0, 0.1) is 29.1 Å². The first-order chi connectivity index (χ1) is 13.9. The van der Waals surface area contributed by atoms with Crippen molar-refractivity contribution in [2.24, 2.45) is 0 Å². The number of ether oxygens (including phenoxy) is 2. The number of hydrogen-bond donors (Lipinski definition) is 0. The molecule has 148 valence electrons. The minimum Gasteiger partial charge on any atom is -0.489 e. The number of benzene rings is 2. The van der Waals surface area contributed by atoms with E-state index in [0.717, 1.165) is 4.88 Å². The molecule has 9 heteroatoms. The number of Topliss-reactive ketones (excluding diaryl/α,β-unsaturated/α-hetero) is 1. The van der Waals surface area contributed by atoms with Crippen LogP contribution in [0.3, 0.4) is 0 Å². The second-order valence-corrected chi connectivity index (χ2v) is 6.93.